The van der Waals surface area contributed by atoms with Crippen molar-refractivity contribution in [3.05, 3.63) is 47.3 Å². The van der Waals surface area contributed by atoms with Crippen LogP contribution >= 0.6 is 11.8 Å². The van der Waals surface area contributed by atoms with Gasteiger partial charge in [-0.05, 0) is 26.0 Å². The molecule has 1 aliphatic rings. The highest BCUT2D eigenvalue weighted by Gasteiger charge is 2.26. The number of carbonyl (C=O) groups is 1. The van der Waals surface area contributed by atoms with Crippen LogP contribution in [0.25, 0.3) is 16.7 Å². The fraction of sp³-hybridized carbons (Fsp3) is 0.400. The standard InChI is InChI=1S/C20H23N5O3S/c1-4-9-24-18(27)15-7-5-6-8-16(15)25-19(24)21-22-20(25)29-12-17(26)23-10-13(2)28-14(3)11-23/h4-8,13-14H,1,9-12H2,2-3H3/t13-,14+. The smallest absolute Gasteiger partial charge is 0.263 e. The highest BCUT2D eigenvalue weighted by atomic mass is 32.2. The second-order valence-corrected chi connectivity index (χ2v) is 8.13. The molecule has 0 aliphatic carbocycles. The van der Waals surface area contributed by atoms with E-state index in [9.17, 15) is 9.59 Å². The minimum Gasteiger partial charge on any atom is -0.372 e. The number of fused-ring (bicyclic) bond motifs is 3. The molecule has 29 heavy (non-hydrogen) atoms. The van der Waals surface area contributed by atoms with Gasteiger partial charge in [0.05, 0.1) is 28.9 Å². The first-order valence-electron chi connectivity index (χ1n) is 9.53. The molecule has 1 fully saturated rings. The topological polar surface area (TPSA) is 81.7 Å². The minimum atomic E-state index is -0.135. The molecule has 3 heterocycles. The first-order chi connectivity index (χ1) is 14.0. The summed E-state index contributed by atoms with van der Waals surface area (Å²) >= 11 is 1.32. The summed E-state index contributed by atoms with van der Waals surface area (Å²) in [5.74, 6) is 0.726. The Bertz CT molecular complexity index is 1130. The summed E-state index contributed by atoms with van der Waals surface area (Å²) < 4.78 is 9.08. The molecule has 2 aromatic heterocycles. The maximum Gasteiger partial charge on any atom is 0.263 e. The average molecular weight is 414 g/mol. The molecule has 1 aliphatic heterocycles. The van der Waals surface area contributed by atoms with Crippen molar-refractivity contribution in [1.29, 1.82) is 0 Å². The number of hydrogen-bond donors (Lipinski definition) is 0. The Kier molecular flexibility index (Phi) is 5.42. The van der Waals surface area contributed by atoms with Crippen molar-refractivity contribution in [2.45, 2.75) is 37.8 Å². The van der Waals surface area contributed by atoms with Gasteiger partial charge in [-0.2, -0.15) is 0 Å². The summed E-state index contributed by atoms with van der Waals surface area (Å²) in [6, 6.07) is 7.35. The lowest BCUT2D eigenvalue weighted by Gasteiger charge is -2.35. The van der Waals surface area contributed by atoms with Crippen molar-refractivity contribution in [1.82, 2.24) is 24.1 Å². The molecule has 0 spiro atoms. The van der Waals surface area contributed by atoms with Gasteiger partial charge in [0.25, 0.3) is 5.56 Å². The molecule has 0 bridgehead atoms. The molecule has 3 aromatic rings. The molecule has 1 amide bonds. The lowest BCUT2D eigenvalue weighted by molar-refractivity contribution is -0.140. The number of amides is 1. The third-order valence-electron chi connectivity index (χ3n) is 4.89. The van der Waals surface area contributed by atoms with Crippen LogP contribution in [-0.2, 0) is 16.1 Å². The van der Waals surface area contributed by atoms with E-state index in [0.717, 1.165) is 5.52 Å². The summed E-state index contributed by atoms with van der Waals surface area (Å²) in [5, 5.41) is 9.64. The average Bonchev–Trinajstić information content (AvgIpc) is 3.12. The number of aromatic nitrogens is 4. The van der Waals surface area contributed by atoms with Gasteiger partial charge in [0.2, 0.25) is 11.7 Å². The van der Waals surface area contributed by atoms with Crippen molar-refractivity contribution < 1.29 is 9.53 Å². The van der Waals surface area contributed by atoms with E-state index in [1.165, 1.54) is 11.8 Å². The quantitative estimate of drug-likeness (QED) is 0.470. The number of nitrogens with zero attached hydrogens (tertiary/aromatic N) is 5. The largest absolute Gasteiger partial charge is 0.372 e. The summed E-state index contributed by atoms with van der Waals surface area (Å²) in [4.78, 5) is 27.4. The molecule has 1 saturated heterocycles. The second-order valence-electron chi connectivity index (χ2n) is 7.18. The van der Waals surface area contributed by atoms with E-state index in [-0.39, 0.29) is 29.4 Å². The van der Waals surface area contributed by atoms with E-state index >= 15 is 0 Å². The van der Waals surface area contributed by atoms with Crippen molar-refractivity contribution in [3.63, 3.8) is 0 Å². The molecule has 152 valence electrons. The van der Waals surface area contributed by atoms with E-state index in [4.69, 9.17) is 4.74 Å². The Morgan fingerprint density at radius 3 is 2.72 bits per heavy atom. The Morgan fingerprint density at radius 1 is 1.28 bits per heavy atom. The number of morpholine rings is 1. The lowest BCUT2D eigenvalue weighted by atomic mass is 10.2. The normalized spacial score (nSPS) is 19.7. The monoisotopic (exact) mass is 413 g/mol. The zero-order valence-electron chi connectivity index (χ0n) is 16.4. The number of benzene rings is 1. The predicted octanol–water partition coefficient (Wildman–Crippen LogP) is 1.96. The fourth-order valence-electron chi connectivity index (χ4n) is 3.72. The van der Waals surface area contributed by atoms with Gasteiger partial charge in [-0.15, -0.1) is 16.8 Å². The molecule has 0 unspecified atom stereocenters. The maximum absolute atomic E-state index is 12.8. The van der Waals surface area contributed by atoms with Crippen LogP contribution < -0.4 is 5.56 Å². The van der Waals surface area contributed by atoms with Crippen LogP contribution in [0.2, 0.25) is 0 Å². The number of ether oxygens (including phenoxy) is 1. The van der Waals surface area contributed by atoms with Crippen LogP contribution in [0.5, 0.6) is 0 Å². The number of carbonyl (C=O) groups excluding carboxylic acids is 1. The van der Waals surface area contributed by atoms with Crippen molar-refractivity contribution in [2.75, 3.05) is 18.8 Å². The van der Waals surface area contributed by atoms with Gasteiger partial charge in [0, 0.05) is 19.6 Å². The van der Waals surface area contributed by atoms with E-state index in [1.807, 2.05) is 41.3 Å². The summed E-state index contributed by atoms with van der Waals surface area (Å²) in [5.41, 5.74) is 0.589. The van der Waals surface area contributed by atoms with E-state index in [1.54, 1.807) is 16.7 Å². The molecule has 2 atom stereocenters. The lowest BCUT2D eigenvalue weighted by Crippen LogP contribution is -2.48. The van der Waals surface area contributed by atoms with Crippen LogP contribution in [0.3, 0.4) is 0 Å². The highest BCUT2D eigenvalue weighted by Crippen LogP contribution is 2.22. The van der Waals surface area contributed by atoms with Gasteiger partial charge in [-0.25, -0.2) is 0 Å². The fourth-order valence-corrected chi connectivity index (χ4v) is 4.56. The number of thioether (sulfide) groups is 1. The third-order valence-corrected chi connectivity index (χ3v) is 5.80. The van der Waals surface area contributed by atoms with E-state index < -0.39 is 0 Å². The SMILES string of the molecule is C=CCn1c(=O)c2ccccc2n2c(SCC(=O)N3C[C@@H](C)O[C@@H](C)C3)nnc12. The second kappa shape index (κ2) is 8.00. The van der Waals surface area contributed by atoms with Crippen LogP contribution in [0.15, 0.2) is 46.9 Å². The van der Waals surface area contributed by atoms with E-state index in [2.05, 4.69) is 16.8 Å². The zero-order valence-corrected chi connectivity index (χ0v) is 17.3. The van der Waals surface area contributed by atoms with E-state index in [0.29, 0.717) is 36.0 Å². The van der Waals surface area contributed by atoms with Gasteiger partial charge in [-0.1, -0.05) is 30.0 Å². The zero-order chi connectivity index (χ0) is 20.5. The number of rotatable bonds is 5. The Balaban J connectivity index is 1.67. The molecule has 1 aromatic carbocycles. The highest BCUT2D eigenvalue weighted by molar-refractivity contribution is 7.99. The Hall–Kier alpha value is -2.65. The molecule has 0 N–H and O–H groups in total. The van der Waals surface area contributed by atoms with Gasteiger partial charge in [0.1, 0.15) is 0 Å². The summed E-state index contributed by atoms with van der Waals surface area (Å²) in [6.45, 7) is 9.19. The third kappa shape index (κ3) is 3.67. The van der Waals surface area contributed by atoms with Crippen LogP contribution in [0, 0.1) is 0 Å². The van der Waals surface area contributed by atoms with Crippen molar-refractivity contribution in [2.24, 2.45) is 0 Å². The number of hydrogen-bond acceptors (Lipinski definition) is 6. The molecule has 4 rings (SSSR count). The molecule has 0 radical (unpaired) electrons. The molecule has 9 heteroatoms. The maximum atomic E-state index is 12.8. The van der Waals surface area contributed by atoms with Gasteiger partial charge >= 0.3 is 0 Å². The molecule has 0 saturated carbocycles. The number of allylic oxidation sites excluding steroid dienone is 1. The molecular weight excluding hydrogens is 390 g/mol. The summed E-state index contributed by atoms with van der Waals surface area (Å²) in [7, 11) is 0. The van der Waals surface area contributed by atoms with Gasteiger partial charge in [-0.3, -0.25) is 18.6 Å². The van der Waals surface area contributed by atoms with Gasteiger partial charge in [0.15, 0.2) is 5.16 Å². The first-order valence-corrected chi connectivity index (χ1v) is 10.5. The predicted molar refractivity (Wildman–Crippen MR) is 112 cm³/mol. The summed E-state index contributed by atoms with van der Waals surface area (Å²) in [6.07, 6.45) is 1.71. The van der Waals surface area contributed by atoms with Crippen LogP contribution in [-0.4, -0.2) is 61.0 Å². The van der Waals surface area contributed by atoms with Crippen molar-refractivity contribution in [3.8, 4) is 0 Å². The van der Waals surface area contributed by atoms with Gasteiger partial charge < -0.3 is 9.64 Å². The number of para-hydroxylation sites is 1. The first kappa shape index (κ1) is 19.7. The van der Waals surface area contributed by atoms with Crippen molar-refractivity contribution >= 4 is 34.3 Å². The molecular formula is C20H23N5O3S. The van der Waals surface area contributed by atoms with Crippen LogP contribution in [0.4, 0.5) is 0 Å². The Morgan fingerprint density at radius 2 is 2.00 bits per heavy atom. The van der Waals surface area contributed by atoms with Crippen LogP contribution in [0.1, 0.15) is 13.8 Å². The minimum absolute atomic E-state index is 0.0268. The molecule has 8 nitrogen and oxygen atoms in total. The Labute approximate surface area is 172 Å².